The van der Waals surface area contributed by atoms with Crippen LogP contribution >= 0.6 is 0 Å². The standard InChI is InChI=1S/C11H15N3O/c1-8(11(15)12-2)9-7-13-10-5-3-4-6-14(9)10/h3,5,7,10,13H,1,4,6H2,2H3,(H,12,15)/t10-/m1/s1. The van der Waals surface area contributed by atoms with E-state index >= 15 is 0 Å². The van der Waals surface area contributed by atoms with Gasteiger partial charge in [-0.2, -0.15) is 0 Å². The molecule has 2 N–H and O–H groups in total. The van der Waals surface area contributed by atoms with Crippen molar-refractivity contribution in [2.24, 2.45) is 0 Å². The van der Waals surface area contributed by atoms with Gasteiger partial charge >= 0.3 is 0 Å². The summed E-state index contributed by atoms with van der Waals surface area (Å²) < 4.78 is 0. The average Bonchev–Trinajstić information content (AvgIpc) is 2.70. The summed E-state index contributed by atoms with van der Waals surface area (Å²) in [7, 11) is 1.62. The lowest BCUT2D eigenvalue weighted by molar-refractivity contribution is -0.116. The highest BCUT2D eigenvalue weighted by atomic mass is 16.1. The molecule has 0 fully saturated rings. The van der Waals surface area contributed by atoms with Crippen molar-refractivity contribution in [2.45, 2.75) is 12.6 Å². The molecule has 0 aliphatic carbocycles. The number of fused-ring (bicyclic) bond motifs is 1. The van der Waals surface area contributed by atoms with Gasteiger partial charge in [0.15, 0.2) is 0 Å². The van der Waals surface area contributed by atoms with E-state index in [1.165, 1.54) is 0 Å². The molecular formula is C11H15N3O. The van der Waals surface area contributed by atoms with Crippen LogP contribution in [0.25, 0.3) is 0 Å². The van der Waals surface area contributed by atoms with Gasteiger partial charge in [-0.05, 0) is 12.5 Å². The van der Waals surface area contributed by atoms with Crippen LogP contribution in [0, 0.1) is 0 Å². The van der Waals surface area contributed by atoms with Gasteiger partial charge in [0, 0.05) is 19.8 Å². The highest BCUT2D eigenvalue weighted by Crippen LogP contribution is 2.24. The second-order valence-electron chi connectivity index (χ2n) is 3.61. The fourth-order valence-electron chi connectivity index (χ4n) is 1.87. The first-order valence-corrected chi connectivity index (χ1v) is 5.05. The highest BCUT2D eigenvalue weighted by Gasteiger charge is 2.28. The molecule has 2 aliphatic heterocycles. The lowest BCUT2D eigenvalue weighted by Gasteiger charge is -2.30. The van der Waals surface area contributed by atoms with Crippen molar-refractivity contribution in [1.82, 2.24) is 15.5 Å². The first-order chi connectivity index (χ1) is 7.24. The molecule has 0 aromatic heterocycles. The molecule has 0 spiro atoms. The van der Waals surface area contributed by atoms with E-state index in [0.717, 1.165) is 18.7 Å². The Morgan fingerprint density at radius 3 is 3.27 bits per heavy atom. The third-order valence-corrected chi connectivity index (χ3v) is 2.70. The first-order valence-electron chi connectivity index (χ1n) is 5.05. The van der Waals surface area contributed by atoms with Gasteiger partial charge < -0.3 is 15.5 Å². The summed E-state index contributed by atoms with van der Waals surface area (Å²) in [6, 6.07) is 0. The van der Waals surface area contributed by atoms with Crippen molar-refractivity contribution < 1.29 is 4.79 Å². The van der Waals surface area contributed by atoms with Crippen LogP contribution in [0.15, 0.2) is 36.2 Å². The lowest BCUT2D eigenvalue weighted by atomic mass is 10.1. The van der Waals surface area contributed by atoms with E-state index in [-0.39, 0.29) is 12.1 Å². The molecule has 4 heteroatoms. The number of carbonyl (C=O) groups is 1. The first kappa shape index (κ1) is 9.83. The van der Waals surface area contributed by atoms with Gasteiger partial charge in [-0.3, -0.25) is 4.79 Å². The Bertz CT molecular complexity index is 357. The fourth-order valence-corrected chi connectivity index (χ4v) is 1.87. The molecule has 1 amide bonds. The molecule has 0 saturated heterocycles. The molecule has 2 heterocycles. The Kier molecular flexibility index (Phi) is 2.49. The summed E-state index contributed by atoms with van der Waals surface area (Å²) in [4.78, 5) is 13.6. The van der Waals surface area contributed by atoms with Crippen LogP contribution in [-0.4, -0.2) is 30.6 Å². The maximum absolute atomic E-state index is 11.4. The van der Waals surface area contributed by atoms with Crippen LogP contribution in [-0.2, 0) is 4.79 Å². The van der Waals surface area contributed by atoms with Crippen molar-refractivity contribution in [3.05, 3.63) is 36.2 Å². The number of hydrogen-bond acceptors (Lipinski definition) is 3. The van der Waals surface area contributed by atoms with Crippen molar-refractivity contribution in [3.8, 4) is 0 Å². The van der Waals surface area contributed by atoms with Gasteiger partial charge in [-0.1, -0.05) is 12.7 Å². The van der Waals surface area contributed by atoms with Crippen molar-refractivity contribution in [3.63, 3.8) is 0 Å². The van der Waals surface area contributed by atoms with E-state index in [0.29, 0.717) is 5.57 Å². The lowest BCUT2D eigenvalue weighted by Crippen LogP contribution is -2.39. The summed E-state index contributed by atoms with van der Waals surface area (Å²) in [6.07, 6.45) is 7.31. The molecule has 2 aliphatic rings. The second-order valence-corrected chi connectivity index (χ2v) is 3.61. The molecule has 0 aromatic carbocycles. The fraction of sp³-hybridized carbons (Fsp3) is 0.364. The summed E-state index contributed by atoms with van der Waals surface area (Å²) in [5.74, 6) is -0.127. The Labute approximate surface area is 89.3 Å². The van der Waals surface area contributed by atoms with Gasteiger partial charge in [0.2, 0.25) is 0 Å². The highest BCUT2D eigenvalue weighted by molar-refractivity contribution is 5.96. The van der Waals surface area contributed by atoms with Crippen molar-refractivity contribution in [1.29, 1.82) is 0 Å². The van der Waals surface area contributed by atoms with Crippen LogP contribution in [0.5, 0.6) is 0 Å². The molecule has 80 valence electrons. The largest absolute Gasteiger partial charge is 0.366 e. The Balaban J connectivity index is 2.15. The van der Waals surface area contributed by atoms with Crippen LogP contribution in [0.3, 0.4) is 0 Å². The van der Waals surface area contributed by atoms with Gasteiger partial charge in [0.05, 0.1) is 11.3 Å². The van der Waals surface area contributed by atoms with E-state index in [2.05, 4.69) is 34.3 Å². The van der Waals surface area contributed by atoms with Crippen LogP contribution in [0.4, 0.5) is 0 Å². The second kappa shape index (κ2) is 3.81. The molecule has 0 bridgehead atoms. The van der Waals surface area contributed by atoms with E-state index in [4.69, 9.17) is 0 Å². The smallest absolute Gasteiger partial charge is 0.252 e. The molecular weight excluding hydrogens is 190 g/mol. The van der Waals surface area contributed by atoms with Gasteiger partial charge in [0.25, 0.3) is 5.91 Å². The number of amides is 1. The van der Waals surface area contributed by atoms with Crippen LogP contribution < -0.4 is 10.6 Å². The predicted molar refractivity (Wildman–Crippen MR) is 58.7 cm³/mol. The zero-order valence-electron chi connectivity index (χ0n) is 8.79. The SMILES string of the molecule is C=C(C(=O)NC)C1=CN[C@H]2C=CCCN12. The van der Waals surface area contributed by atoms with E-state index in [9.17, 15) is 4.79 Å². The maximum atomic E-state index is 11.4. The number of likely N-dealkylation sites (N-methyl/N-ethyl adjacent to an activating group) is 1. The van der Waals surface area contributed by atoms with Crippen molar-refractivity contribution in [2.75, 3.05) is 13.6 Å². The zero-order valence-corrected chi connectivity index (χ0v) is 8.79. The molecule has 4 nitrogen and oxygen atoms in total. The minimum absolute atomic E-state index is 0.127. The Morgan fingerprint density at radius 2 is 2.53 bits per heavy atom. The Hall–Kier alpha value is -1.71. The molecule has 1 atom stereocenters. The average molecular weight is 205 g/mol. The van der Waals surface area contributed by atoms with Crippen LogP contribution in [0.1, 0.15) is 6.42 Å². The molecule has 2 rings (SSSR count). The third-order valence-electron chi connectivity index (χ3n) is 2.70. The van der Waals surface area contributed by atoms with Gasteiger partial charge in [-0.25, -0.2) is 0 Å². The predicted octanol–water partition coefficient (Wildman–Crippen LogP) is 0.321. The molecule has 0 unspecified atom stereocenters. The summed E-state index contributed by atoms with van der Waals surface area (Å²) in [5.41, 5.74) is 1.41. The number of nitrogens with zero attached hydrogens (tertiary/aromatic N) is 1. The topological polar surface area (TPSA) is 44.4 Å². The number of carbonyl (C=O) groups excluding carboxylic acids is 1. The molecule has 0 saturated carbocycles. The van der Waals surface area contributed by atoms with Gasteiger partial charge in [0.1, 0.15) is 6.17 Å². The normalized spacial score (nSPS) is 22.9. The van der Waals surface area contributed by atoms with E-state index in [1.54, 1.807) is 7.05 Å². The van der Waals surface area contributed by atoms with Crippen molar-refractivity contribution >= 4 is 5.91 Å². The number of rotatable bonds is 2. The van der Waals surface area contributed by atoms with E-state index in [1.807, 2.05) is 6.20 Å². The summed E-state index contributed by atoms with van der Waals surface area (Å²) in [6.45, 7) is 4.74. The third kappa shape index (κ3) is 1.63. The number of nitrogens with one attached hydrogen (secondary N) is 2. The monoisotopic (exact) mass is 205 g/mol. The zero-order chi connectivity index (χ0) is 10.8. The molecule has 15 heavy (non-hydrogen) atoms. The summed E-state index contributed by atoms with van der Waals surface area (Å²) >= 11 is 0. The maximum Gasteiger partial charge on any atom is 0.252 e. The minimum atomic E-state index is -0.127. The van der Waals surface area contributed by atoms with Crippen LogP contribution in [0.2, 0.25) is 0 Å². The molecule has 0 radical (unpaired) electrons. The summed E-state index contributed by atoms with van der Waals surface area (Å²) in [5, 5.41) is 5.79. The minimum Gasteiger partial charge on any atom is -0.366 e. The molecule has 0 aromatic rings. The number of hydrogen-bond donors (Lipinski definition) is 2. The van der Waals surface area contributed by atoms with E-state index < -0.39 is 0 Å². The van der Waals surface area contributed by atoms with Gasteiger partial charge in [-0.15, -0.1) is 0 Å². The Morgan fingerprint density at radius 1 is 1.73 bits per heavy atom. The quantitative estimate of drug-likeness (QED) is 0.504.